The summed E-state index contributed by atoms with van der Waals surface area (Å²) in [6.45, 7) is 0. The minimum atomic E-state index is -3.92. The highest BCUT2D eigenvalue weighted by Crippen LogP contribution is 2.76. The lowest BCUT2D eigenvalue weighted by molar-refractivity contribution is 0.469. The van der Waals surface area contributed by atoms with Crippen LogP contribution in [-0.4, -0.2) is 174 Å². The van der Waals surface area contributed by atoms with Gasteiger partial charge in [0.1, 0.15) is 0 Å². The molecule has 0 saturated heterocycles. The first-order valence-corrected chi connectivity index (χ1v) is 17.6. The molecule has 0 bridgehead atoms. The molecule has 0 amide bonds. The average Bonchev–Trinajstić information content (AvgIpc) is 2.66. The van der Waals surface area contributed by atoms with E-state index in [9.17, 15) is 0 Å². The SMILES string of the molecule is CN(C)P(=NP(=O)(N=P(N(C)C)(N(C)C)N(C)C)N=P(N(C)C)(N(C)C)N(C)C)(N(C)C)N(C)C.O. The van der Waals surface area contributed by atoms with E-state index in [0.717, 1.165) is 0 Å². The highest BCUT2D eigenvalue weighted by Gasteiger charge is 2.42. The Morgan fingerprint density at radius 3 is 0.528 bits per heavy atom. The zero-order valence-corrected chi connectivity index (χ0v) is 29.6. The van der Waals surface area contributed by atoms with Gasteiger partial charge in [0.05, 0.1) is 0 Å². The third-order valence-electron chi connectivity index (χ3n) is 5.54. The molecule has 2 N–H and O–H groups in total. The predicted molar refractivity (Wildman–Crippen MR) is 162 cm³/mol. The van der Waals surface area contributed by atoms with E-state index < -0.39 is 30.1 Å². The number of rotatable bonds is 12. The van der Waals surface area contributed by atoms with Gasteiger partial charge in [-0.3, -0.25) is 42.0 Å². The molecule has 0 heterocycles. The van der Waals surface area contributed by atoms with Crippen molar-refractivity contribution in [1.82, 2.24) is 42.0 Å². The second-order valence-corrected chi connectivity index (χ2v) is 23.6. The maximum Gasteiger partial charge on any atom is 0.421 e. The molecule has 18 heteroatoms. The molecular formula is C18H56N12O2P4. The van der Waals surface area contributed by atoms with E-state index in [-0.39, 0.29) is 5.48 Å². The monoisotopic (exact) mass is 596 g/mol. The number of hydrogen-bond acceptors (Lipinski definition) is 1. The summed E-state index contributed by atoms with van der Waals surface area (Å²) in [5, 5.41) is 0. The van der Waals surface area contributed by atoms with E-state index in [1.807, 2.05) is 169 Å². The zero-order chi connectivity index (χ0) is 28.3. The second kappa shape index (κ2) is 14.2. The molecule has 0 rings (SSSR count). The Morgan fingerprint density at radius 1 is 0.333 bits per heavy atom. The highest BCUT2D eigenvalue weighted by atomic mass is 31.3. The fourth-order valence-electron chi connectivity index (χ4n) is 4.46. The maximum absolute atomic E-state index is 15.3. The fourth-order valence-corrected chi connectivity index (χ4v) is 21.8. The lowest BCUT2D eigenvalue weighted by atomic mass is 11.2. The summed E-state index contributed by atoms with van der Waals surface area (Å²) in [6.07, 6.45) is 0. The van der Waals surface area contributed by atoms with E-state index in [0.29, 0.717) is 0 Å². The number of hydrogen-bond donors (Lipinski definition) is 0. The van der Waals surface area contributed by atoms with Crippen LogP contribution in [0.1, 0.15) is 0 Å². The number of nitrogens with zero attached hydrogens (tertiary/aromatic N) is 12. The van der Waals surface area contributed by atoms with Crippen molar-refractivity contribution in [2.24, 2.45) is 13.5 Å². The Balaban J connectivity index is 0. The van der Waals surface area contributed by atoms with Crippen LogP contribution < -0.4 is 0 Å². The molecule has 0 aliphatic rings. The predicted octanol–water partition coefficient (Wildman–Crippen LogP) is 3.16. The van der Waals surface area contributed by atoms with Crippen molar-refractivity contribution in [3.8, 4) is 0 Å². The van der Waals surface area contributed by atoms with Gasteiger partial charge in [-0.15, -0.1) is 0 Å². The molecule has 0 radical (unpaired) electrons. The molecule has 0 spiro atoms. The maximum atomic E-state index is 15.3. The molecule has 36 heavy (non-hydrogen) atoms. The van der Waals surface area contributed by atoms with Gasteiger partial charge in [0.2, 0.25) is 0 Å². The average molecular weight is 597 g/mol. The molecular weight excluding hydrogens is 540 g/mol. The van der Waals surface area contributed by atoms with Crippen LogP contribution in [0, 0.1) is 0 Å². The molecule has 0 aliphatic heterocycles. The summed E-state index contributed by atoms with van der Waals surface area (Å²) >= 11 is 0. The Labute approximate surface area is 222 Å². The van der Waals surface area contributed by atoms with Crippen LogP contribution >= 0.6 is 30.1 Å². The van der Waals surface area contributed by atoms with Gasteiger partial charge < -0.3 is 5.48 Å². The van der Waals surface area contributed by atoms with E-state index in [4.69, 9.17) is 13.5 Å². The molecule has 0 aliphatic carbocycles. The van der Waals surface area contributed by atoms with Gasteiger partial charge >= 0.3 is 7.59 Å². The van der Waals surface area contributed by atoms with E-state index in [2.05, 4.69) is 0 Å². The van der Waals surface area contributed by atoms with Crippen molar-refractivity contribution in [1.29, 1.82) is 0 Å². The molecule has 0 aromatic carbocycles. The minimum absolute atomic E-state index is 0. The first-order valence-electron chi connectivity index (χ1n) is 11.2. The van der Waals surface area contributed by atoms with Crippen LogP contribution in [-0.2, 0) is 4.57 Å². The summed E-state index contributed by atoms with van der Waals surface area (Å²) in [4.78, 5) is 0. The Bertz CT molecular complexity index is 714. The standard InChI is InChI=1S/C18H54N12OP4.H2O/c1-22(2)33(23(3)4,24(5)6)19-32(31,20-34(25(7)8,26(9)10)27(11)12)21-35(28(13)14,29(15)16)30(17)18;/h1-18H3;1H2. The Hall–Kier alpha value is 0.520. The van der Waals surface area contributed by atoms with Crippen LogP contribution in [0.3, 0.4) is 0 Å². The van der Waals surface area contributed by atoms with Crippen molar-refractivity contribution in [2.75, 3.05) is 127 Å². The van der Waals surface area contributed by atoms with Crippen LogP contribution in [0.5, 0.6) is 0 Å². The van der Waals surface area contributed by atoms with Crippen molar-refractivity contribution in [3.63, 3.8) is 0 Å². The third kappa shape index (κ3) is 7.38. The highest BCUT2D eigenvalue weighted by molar-refractivity contribution is 7.79. The van der Waals surface area contributed by atoms with E-state index in [1.165, 1.54) is 0 Å². The lowest BCUT2D eigenvalue weighted by Gasteiger charge is -2.44. The quantitative estimate of drug-likeness (QED) is 0.311. The third-order valence-corrected chi connectivity index (χ3v) is 20.9. The molecule has 0 unspecified atom stereocenters. The van der Waals surface area contributed by atoms with Crippen LogP contribution in [0.4, 0.5) is 0 Å². The van der Waals surface area contributed by atoms with Gasteiger partial charge in [-0.25, -0.2) is 4.57 Å². The van der Waals surface area contributed by atoms with Gasteiger partial charge in [-0.05, 0) is 127 Å². The first kappa shape index (κ1) is 38.7. The van der Waals surface area contributed by atoms with Crippen LogP contribution in [0.15, 0.2) is 13.5 Å². The van der Waals surface area contributed by atoms with E-state index in [1.54, 1.807) is 0 Å². The van der Waals surface area contributed by atoms with Gasteiger partial charge in [0.15, 0.2) is 22.5 Å². The van der Waals surface area contributed by atoms with Crippen molar-refractivity contribution >= 4 is 30.1 Å². The van der Waals surface area contributed by atoms with Crippen molar-refractivity contribution < 1.29 is 10.0 Å². The molecule has 0 aromatic heterocycles. The lowest BCUT2D eigenvalue weighted by Crippen LogP contribution is -2.32. The van der Waals surface area contributed by atoms with E-state index >= 15 is 4.57 Å². The van der Waals surface area contributed by atoms with Gasteiger partial charge in [-0.2, -0.15) is 13.5 Å². The van der Waals surface area contributed by atoms with Gasteiger partial charge in [0.25, 0.3) is 0 Å². The van der Waals surface area contributed by atoms with Gasteiger partial charge in [-0.1, -0.05) is 0 Å². The first-order chi connectivity index (χ1) is 15.6. The summed E-state index contributed by atoms with van der Waals surface area (Å²) in [5.74, 6) is 0. The second-order valence-electron chi connectivity index (χ2n) is 10.0. The van der Waals surface area contributed by atoms with Crippen molar-refractivity contribution in [2.45, 2.75) is 0 Å². The molecule has 0 aromatic rings. The Morgan fingerprint density at radius 2 is 0.444 bits per heavy atom. The molecule has 14 nitrogen and oxygen atoms in total. The fraction of sp³-hybridized carbons (Fsp3) is 1.00. The topological polar surface area (TPSA) is 115 Å². The molecule has 220 valence electrons. The Kier molecular flexibility index (Phi) is 15.3. The van der Waals surface area contributed by atoms with Gasteiger partial charge in [0, 0.05) is 0 Å². The van der Waals surface area contributed by atoms with Crippen molar-refractivity contribution in [3.05, 3.63) is 0 Å². The summed E-state index contributed by atoms with van der Waals surface area (Å²) in [5.41, 5.74) is 0. The molecule has 0 saturated carbocycles. The summed E-state index contributed by atoms with van der Waals surface area (Å²) < 4.78 is 49.4. The minimum Gasteiger partial charge on any atom is -0.412 e. The largest absolute Gasteiger partial charge is 0.421 e. The summed E-state index contributed by atoms with van der Waals surface area (Å²) in [6, 6.07) is 0. The normalized spacial score (nSPS) is 14.3. The summed E-state index contributed by atoms with van der Waals surface area (Å²) in [7, 11) is 23.8. The van der Waals surface area contributed by atoms with Crippen LogP contribution in [0.2, 0.25) is 0 Å². The molecule has 0 atom stereocenters. The van der Waals surface area contributed by atoms with Crippen LogP contribution in [0.25, 0.3) is 0 Å². The molecule has 0 fully saturated rings. The smallest absolute Gasteiger partial charge is 0.412 e. The zero-order valence-electron chi connectivity index (χ0n) is 26.1.